The smallest absolute Gasteiger partial charge is 0.168 e. The molecule has 2 heterocycles. The summed E-state index contributed by atoms with van der Waals surface area (Å²) in [7, 11) is 1.56. The molecule has 16 heavy (non-hydrogen) atoms. The molecule has 0 spiro atoms. The molecule has 0 fully saturated rings. The molecule has 80 valence electrons. The molecule has 0 unspecified atom stereocenters. The Kier molecular flexibility index (Phi) is 2.86. The zero-order valence-electron chi connectivity index (χ0n) is 8.62. The van der Waals surface area contributed by atoms with E-state index in [2.05, 4.69) is 15.2 Å². The lowest BCUT2D eigenvalue weighted by molar-refractivity contribution is 0.111. The molecule has 0 aliphatic heterocycles. The van der Waals surface area contributed by atoms with Gasteiger partial charge < -0.3 is 4.74 Å². The number of rotatable bonds is 3. The van der Waals surface area contributed by atoms with Gasteiger partial charge in [0.05, 0.1) is 19.0 Å². The molecule has 0 radical (unpaired) electrons. The third-order valence-electron chi connectivity index (χ3n) is 2.06. The van der Waals surface area contributed by atoms with Crippen molar-refractivity contribution < 1.29 is 9.53 Å². The predicted octanol–water partition coefficient (Wildman–Crippen LogP) is 1.36. The molecule has 0 aromatic carbocycles. The first-order valence-electron chi connectivity index (χ1n) is 4.62. The number of aldehydes is 1. The number of carbonyl (C=O) groups excluding carboxylic acids is 1. The first kappa shape index (κ1) is 10.2. The monoisotopic (exact) mass is 215 g/mol. The Morgan fingerprint density at radius 1 is 1.38 bits per heavy atom. The molecule has 0 saturated carbocycles. The summed E-state index contributed by atoms with van der Waals surface area (Å²) < 4.78 is 5.05. The molecule has 0 saturated heterocycles. The number of pyridine rings is 1. The lowest BCUT2D eigenvalue weighted by atomic mass is 10.1. The SMILES string of the molecule is COc1cnnc(-c2ccnc(C=O)c2)c1. The highest BCUT2D eigenvalue weighted by atomic mass is 16.5. The van der Waals surface area contributed by atoms with Crippen LogP contribution in [0.15, 0.2) is 30.6 Å². The highest BCUT2D eigenvalue weighted by molar-refractivity contribution is 5.75. The van der Waals surface area contributed by atoms with E-state index in [1.165, 1.54) is 6.20 Å². The van der Waals surface area contributed by atoms with Crippen LogP contribution >= 0.6 is 0 Å². The van der Waals surface area contributed by atoms with E-state index in [0.29, 0.717) is 23.4 Å². The van der Waals surface area contributed by atoms with E-state index in [-0.39, 0.29) is 0 Å². The van der Waals surface area contributed by atoms with Crippen LogP contribution in [0.3, 0.4) is 0 Å². The largest absolute Gasteiger partial charge is 0.495 e. The molecule has 2 rings (SSSR count). The molecule has 0 atom stereocenters. The summed E-state index contributed by atoms with van der Waals surface area (Å²) in [5.41, 5.74) is 1.79. The fourth-order valence-corrected chi connectivity index (χ4v) is 1.27. The Morgan fingerprint density at radius 3 is 3.00 bits per heavy atom. The maximum Gasteiger partial charge on any atom is 0.168 e. The second-order valence-electron chi connectivity index (χ2n) is 3.07. The zero-order chi connectivity index (χ0) is 11.4. The molecule has 2 aromatic heterocycles. The maximum absolute atomic E-state index is 10.6. The van der Waals surface area contributed by atoms with Gasteiger partial charge in [-0.15, -0.1) is 0 Å². The van der Waals surface area contributed by atoms with E-state index in [1.807, 2.05) is 0 Å². The average molecular weight is 215 g/mol. The van der Waals surface area contributed by atoms with Crippen molar-refractivity contribution in [2.45, 2.75) is 0 Å². The summed E-state index contributed by atoms with van der Waals surface area (Å²) in [6, 6.07) is 5.16. The molecular formula is C11H9N3O2. The number of nitrogens with zero attached hydrogens (tertiary/aromatic N) is 3. The van der Waals surface area contributed by atoms with Gasteiger partial charge in [-0.05, 0) is 12.1 Å². The number of aromatic nitrogens is 3. The van der Waals surface area contributed by atoms with Gasteiger partial charge in [0.2, 0.25) is 0 Å². The molecule has 5 heteroatoms. The van der Waals surface area contributed by atoms with Crippen LogP contribution in [0.5, 0.6) is 5.75 Å². The molecule has 0 aliphatic carbocycles. The van der Waals surface area contributed by atoms with Crippen molar-refractivity contribution in [3.05, 3.63) is 36.3 Å². The Hall–Kier alpha value is -2.30. The highest BCUT2D eigenvalue weighted by Crippen LogP contribution is 2.19. The van der Waals surface area contributed by atoms with E-state index in [1.54, 1.807) is 31.5 Å². The minimum Gasteiger partial charge on any atom is -0.495 e. The quantitative estimate of drug-likeness (QED) is 0.723. The van der Waals surface area contributed by atoms with E-state index in [4.69, 9.17) is 4.74 Å². The van der Waals surface area contributed by atoms with Crippen molar-refractivity contribution in [2.24, 2.45) is 0 Å². The molecular weight excluding hydrogens is 206 g/mol. The number of ether oxygens (including phenoxy) is 1. The van der Waals surface area contributed by atoms with Gasteiger partial charge in [0.25, 0.3) is 0 Å². The normalized spacial score (nSPS) is 9.81. The van der Waals surface area contributed by atoms with E-state index >= 15 is 0 Å². The van der Waals surface area contributed by atoms with Crippen LogP contribution in [0.1, 0.15) is 10.5 Å². The van der Waals surface area contributed by atoms with Gasteiger partial charge in [-0.2, -0.15) is 10.2 Å². The van der Waals surface area contributed by atoms with Crippen molar-refractivity contribution in [1.82, 2.24) is 15.2 Å². The third kappa shape index (κ3) is 2.03. The Balaban J connectivity index is 2.45. The maximum atomic E-state index is 10.6. The van der Waals surface area contributed by atoms with Crippen LogP contribution in [-0.2, 0) is 0 Å². The summed E-state index contributed by atoms with van der Waals surface area (Å²) in [4.78, 5) is 14.5. The van der Waals surface area contributed by atoms with E-state index in [0.717, 1.165) is 5.56 Å². The summed E-state index contributed by atoms with van der Waals surface area (Å²) >= 11 is 0. The standard InChI is InChI=1S/C11H9N3O2/c1-16-10-5-11(14-13-6-10)8-2-3-12-9(4-8)7-15/h2-7H,1H3. The van der Waals surface area contributed by atoms with Gasteiger partial charge >= 0.3 is 0 Å². The second-order valence-corrected chi connectivity index (χ2v) is 3.07. The summed E-state index contributed by atoms with van der Waals surface area (Å²) in [5.74, 6) is 0.620. The molecule has 0 amide bonds. The summed E-state index contributed by atoms with van der Waals surface area (Å²) in [6.45, 7) is 0. The molecule has 0 N–H and O–H groups in total. The van der Waals surface area contributed by atoms with Crippen LogP contribution in [0.25, 0.3) is 11.3 Å². The van der Waals surface area contributed by atoms with Gasteiger partial charge in [-0.3, -0.25) is 9.78 Å². The zero-order valence-corrected chi connectivity index (χ0v) is 8.62. The average Bonchev–Trinajstić information content (AvgIpc) is 2.39. The van der Waals surface area contributed by atoms with E-state index < -0.39 is 0 Å². The van der Waals surface area contributed by atoms with Crippen molar-refractivity contribution in [3.63, 3.8) is 0 Å². The lowest BCUT2D eigenvalue weighted by Gasteiger charge is -2.02. The predicted molar refractivity (Wildman–Crippen MR) is 57.2 cm³/mol. The van der Waals surface area contributed by atoms with Crippen molar-refractivity contribution >= 4 is 6.29 Å². The molecule has 0 bridgehead atoms. The van der Waals surface area contributed by atoms with Crippen molar-refractivity contribution in [2.75, 3.05) is 7.11 Å². The minimum absolute atomic E-state index is 0.363. The van der Waals surface area contributed by atoms with Crippen LogP contribution in [0, 0.1) is 0 Å². The number of carbonyl (C=O) groups is 1. The van der Waals surface area contributed by atoms with E-state index in [9.17, 15) is 4.79 Å². The number of hydrogen-bond acceptors (Lipinski definition) is 5. The lowest BCUT2D eigenvalue weighted by Crippen LogP contribution is -1.92. The third-order valence-corrected chi connectivity index (χ3v) is 2.06. The van der Waals surface area contributed by atoms with Crippen LogP contribution in [0.4, 0.5) is 0 Å². The number of methoxy groups -OCH3 is 1. The minimum atomic E-state index is 0.363. The summed E-state index contributed by atoms with van der Waals surface area (Å²) in [5, 5.41) is 7.76. The molecule has 0 aliphatic rings. The van der Waals surface area contributed by atoms with Crippen molar-refractivity contribution in [1.29, 1.82) is 0 Å². The molecule has 2 aromatic rings. The first-order valence-corrected chi connectivity index (χ1v) is 4.62. The van der Waals surface area contributed by atoms with Crippen molar-refractivity contribution in [3.8, 4) is 17.0 Å². The van der Waals surface area contributed by atoms with Crippen LogP contribution < -0.4 is 4.74 Å². The Morgan fingerprint density at radius 2 is 2.25 bits per heavy atom. The van der Waals surface area contributed by atoms with Gasteiger partial charge in [-0.1, -0.05) is 0 Å². The highest BCUT2D eigenvalue weighted by Gasteiger charge is 2.03. The molecule has 5 nitrogen and oxygen atoms in total. The fraction of sp³-hybridized carbons (Fsp3) is 0.0909. The van der Waals surface area contributed by atoms with Crippen LogP contribution in [-0.4, -0.2) is 28.6 Å². The Labute approximate surface area is 92.1 Å². The van der Waals surface area contributed by atoms with Gasteiger partial charge in [0.15, 0.2) is 6.29 Å². The topological polar surface area (TPSA) is 65.0 Å². The second kappa shape index (κ2) is 4.48. The summed E-state index contributed by atoms with van der Waals surface area (Å²) in [6.07, 6.45) is 3.77. The van der Waals surface area contributed by atoms with Gasteiger partial charge in [0.1, 0.15) is 11.4 Å². The van der Waals surface area contributed by atoms with Gasteiger partial charge in [0, 0.05) is 17.8 Å². The Bertz CT molecular complexity index is 514. The first-order chi connectivity index (χ1) is 7.83. The number of hydrogen-bond donors (Lipinski definition) is 0. The van der Waals surface area contributed by atoms with Gasteiger partial charge in [-0.25, -0.2) is 0 Å². The fourth-order valence-electron chi connectivity index (χ4n) is 1.27. The van der Waals surface area contributed by atoms with Crippen LogP contribution in [0.2, 0.25) is 0 Å².